The molecule has 0 aliphatic heterocycles. The Labute approximate surface area is 116 Å². The Morgan fingerprint density at radius 1 is 1.30 bits per heavy atom. The van der Waals surface area contributed by atoms with Crippen LogP contribution in [-0.4, -0.2) is 34.4 Å². The van der Waals surface area contributed by atoms with E-state index in [1.54, 1.807) is 0 Å². The van der Waals surface area contributed by atoms with Crippen molar-refractivity contribution >= 4 is 17.7 Å². The molecule has 2 amide bonds. The van der Waals surface area contributed by atoms with Crippen LogP contribution in [0.2, 0.25) is 0 Å². The number of rotatable bonds is 4. The molecule has 0 fully saturated rings. The van der Waals surface area contributed by atoms with Crippen LogP contribution in [-0.2, 0) is 17.6 Å². The normalized spacial score (nSPS) is 16.1. The highest BCUT2D eigenvalue weighted by molar-refractivity contribution is 5.90. The number of nitrogens with one attached hydrogen (secondary N) is 2. The van der Waals surface area contributed by atoms with Crippen molar-refractivity contribution < 1.29 is 19.8 Å². The fourth-order valence-corrected chi connectivity index (χ4v) is 2.15. The number of hydrogen-bond donors (Lipinski definition) is 4. The molecule has 1 atom stereocenters. The summed E-state index contributed by atoms with van der Waals surface area (Å²) in [6.45, 7) is 0.768. The average Bonchev–Trinajstić information content (AvgIpc) is 2.83. The molecule has 0 saturated carbocycles. The zero-order chi connectivity index (χ0) is 14.8. The topological polar surface area (TPSA) is 98.7 Å². The van der Waals surface area contributed by atoms with E-state index >= 15 is 0 Å². The quantitative estimate of drug-likeness (QED) is 0.663. The lowest BCUT2D eigenvalue weighted by Crippen LogP contribution is -2.47. The largest absolute Gasteiger partial charge is 0.479 e. The Morgan fingerprint density at radius 3 is 2.70 bits per heavy atom. The number of aliphatic carboxylic acids is 1. The van der Waals surface area contributed by atoms with Crippen molar-refractivity contribution in [2.45, 2.75) is 31.8 Å². The molecule has 0 aromatic heterocycles. The van der Waals surface area contributed by atoms with E-state index < -0.39 is 17.6 Å². The number of hydrogen-bond acceptors (Lipinski definition) is 3. The number of amides is 2. The minimum absolute atomic E-state index is 0.362. The van der Waals surface area contributed by atoms with Gasteiger partial charge in [0.1, 0.15) is 0 Å². The van der Waals surface area contributed by atoms with Gasteiger partial charge in [0.25, 0.3) is 0 Å². The van der Waals surface area contributed by atoms with E-state index in [0.29, 0.717) is 5.69 Å². The van der Waals surface area contributed by atoms with Crippen molar-refractivity contribution in [1.82, 2.24) is 5.32 Å². The fraction of sp³-hybridized carbons (Fsp3) is 0.429. The van der Waals surface area contributed by atoms with Gasteiger partial charge in [0.15, 0.2) is 5.60 Å². The van der Waals surface area contributed by atoms with E-state index in [2.05, 4.69) is 10.6 Å². The summed E-state index contributed by atoms with van der Waals surface area (Å²) in [5.41, 5.74) is 1.23. The Balaban J connectivity index is 1.90. The highest BCUT2D eigenvalue weighted by Gasteiger charge is 2.30. The molecule has 0 heterocycles. The van der Waals surface area contributed by atoms with Crippen molar-refractivity contribution in [2.24, 2.45) is 0 Å². The van der Waals surface area contributed by atoms with E-state index in [4.69, 9.17) is 5.11 Å². The highest BCUT2D eigenvalue weighted by atomic mass is 16.4. The van der Waals surface area contributed by atoms with Crippen LogP contribution >= 0.6 is 0 Å². The molecule has 2 rings (SSSR count). The van der Waals surface area contributed by atoms with Crippen LogP contribution in [0.15, 0.2) is 18.2 Å². The molecule has 4 N–H and O–H groups in total. The Morgan fingerprint density at radius 2 is 2.00 bits per heavy atom. The first kappa shape index (κ1) is 14.3. The predicted octanol–water partition coefficient (Wildman–Crippen LogP) is 1.13. The molecule has 0 saturated heterocycles. The number of aliphatic hydroxyl groups is 1. The molecule has 1 aromatic carbocycles. The number of carbonyl (C=O) groups excluding carboxylic acids is 1. The first-order valence-electron chi connectivity index (χ1n) is 6.51. The van der Waals surface area contributed by atoms with Crippen LogP contribution in [0.3, 0.4) is 0 Å². The average molecular weight is 278 g/mol. The summed E-state index contributed by atoms with van der Waals surface area (Å²) in [4.78, 5) is 22.4. The summed E-state index contributed by atoms with van der Waals surface area (Å²) in [5.74, 6) is -1.38. The summed E-state index contributed by atoms with van der Waals surface area (Å²) in [5, 5.41) is 23.2. The second kappa shape index (κ2) is 5.50. The maximum atomic E-state index is 11.7. The number of urea groups is 1. The number of carboxylic acid groups (broad SMARTS) is 1. The molecular weight excluding hydrogens is 260 g/mol. The van der Waals surface area contributed by atoms with Gasteiger partial charge in [-0.1, -0.05) is 6.07 Å². The van der Waals surface area contributed by atoms with Gasteiger partial charge in [-0.25, -0.2) is 9.59 Å². The Bertz CT molecular complexity index is 540. The monoisotopic (exact) mass is 278 g/mol. The summed E-state index contributed by atoms with van der Waals surface area (Å²) < 4.78 is 0. The third-order valence-electron chi connectivity index (χ3n) is 3.41. The first-order valence-corrected chi connectivity index (χ1v) is 6.51. The zero-order valence-electron chi connectivity index (χ0n) is 11.3. The molecule has 1 aliphatic rings. The number of carbonyl (C=O) groups is 2. The van der Waals surface area contributed by atoms with Crippen molar-refractivity contribution in [1.29, 1.82) is 0 Å². The van der Waals surface area contributed by atoms with Crippen LogP contribution in [0.4, 0.5) is 10.5 Å². The zero-order valence-corrected chi connectivity index (χ0v) is 11.3. The fourth-order valence-electron chi connectivity index (χ4n) is 2.15. The van der Waals surface area contributed by atoms with Crippen LogP contribution < -0.4 is 10.6 Å². The highest BCUT2D eigenvalue weighted by Crippen LogP contribution is 2.24. The van der Waals surface area contributed by atoms with Crippen LogP contribution in [0.1, 0.15) is 24.5 Å². The summed E-state index contributed by atoms with van der Waals surface area (Å²) in [6.07, 6.45) is 3.22. The molecule has 6 nitrogen and oxygen atoms in total. The van der Waals surface area contributed by atoms with E-state index in [0.717, 1.165) is 26.2 Å². The third kappa shape index (κ3) is 3.27. The van der Waals surface area contributed by atoms with Crippen LogP contribution in [0, 0.1) is 0 Å². The number of fused-ring (bicyclic) bond motifs is 1. The molecular formula is C14H18N2O4. The van der Waals surface area contributed by atoms with Gasteiger partial charge in [-0.15, -0.1) is 0 Å². The molecule has 1 aliphatic carbocycles. The lowest BCUT2D eigenvalue weighted by Gasteiger charge is -2.18. The van der Waals surface area contributed by atoms with Crippen molar-refractivity contribution in [3.8, 4) is 0 Å². The van der Waals surface area contributed by atoms with Gasteiger partial charge in [0, 0.05) is 5.69 Å². The van der Waals surface area contributed by atoms with Gasteiger partial charge in [-0.2, -0.15) is 0 Å². The Kier molecular flexibility index (Phi) is 3.94. The lowest BCUT2D eigenvalue weighted by molar-refractivity contribution is -0.155. The van der Waals surface area contributed by atoms with Crippen LogP contribution in [0.5, 0.6) is 0 Å². The Hall–Kier alpha value is -2.08. The molecule has 108 valence electrons. The maximum Gasteiger partial charge on any atom is 0.337 e. The van der Waals surface area contributed by atoms with Crippen LogP contribution in [0.25, 0.3) is 0 Å². The molecule has 0 bridgehead atoms. The maximum absolute atomic E-state index is 11.7. The summed E-state index contributed by atoms with van der Waals surface area (Å²) >= 11 is 0. The lowest BCUT2D eigenvalue weighted by atomic mass is 10.1. The van der Waals surface area contributed by atoms with E-state index in [1.165, 1.54) is 11.1 Å². The van der Waals surface area contributed by atoms with E-state index in [9.17, 15) is 14.7 Å². The number of anilines is 1. The van der Waals surface area contributed by atoms with Crippen molar-refractivity contribution in [3.63, 3.8) is 0 Å². The van der Waals surface area contributed by atoms with Gasteiger partial charge >= 0.3 is 12.0 Å². The standard InChI is InChI=1S/C14H18N2O4/c1-14(20,12(17)18)8-15-13(19)16-11-6-5-9-3-2-4-10(9)7-11/h5-7,20H,2-4,8H2,1H3,(H,17,18)(H2,15,16,19). The number of benzene rings is 1. The molecule has 0 radical (unpaired) electrons. The molecule has 0 spiro atoms. The summed E-state index contributed by atoms with van der Waals surface area (Å²) in [7, 11) is 0. The van der Waals surface area contributed by atoms with Gasteiger partial charge in [0.2, 0.25) is 0 Å². The molecule has 6 heteroatoms. The van der Waals surface area contributed by atoms with Crippen molar-refractivity contribution in [2.75, 3.05) is 11.9 Å². The SMILES string of the molecule is CC(O)(CNC(=O)Nc1ccc2c(c1)CCC2)C(=O)O. The van der Waals surface area contributed by atoms with E-state index in [1.807, 2.05) is 18.2 Å². The smallest absolute Gasteiger partial charge is 0.337 e. The second-order valence-electron chi connectivity index (χ2n) is 5.22. The van der Waals surface area contributed by atoms with Gasteiger partial charge in [0.05, 0.1) is 6.54 Å². The first-order chi connectivity index (χ1) is 9.38. The second-order valence-corrected chi connectivity index (χ2v) is 5.22. The number of aryl methyl sites for hydroxylation is 2. The van der Waals surface area contributed by atoms with Gasteiger partial charge in [-0.05, 0) is 49.4 Å². The van der Waals surface area contributed by atoms with Gasteiger partial charge in [-0.3, -0.25) is 0 Å². The molecule has 1 aromatic rings. The van der Waals surface area contributed by atoms with Crippen molar-refractivity contribution in [3.05, 3.63) is 29.3 Å². The van der Waals surface area contributed by atoms with E-state index in [-0.39, 0.29) is 6.54 Å². The van der Waals surface area contributed by atoms with Gasteiger partial charge < -0.3 is 20.8 Å². The predicted molar refractivity (Wildman–Crippen MR) is 73.7 cm³/mol. The minimum Gasteiger partial charge on any atom is -0.479 e. The summed E-state index contributed by atoms with van der Waals surface area (Å²) in [6, 6.07) is 5.20. The molecule has 1 unspecified atom stereocenters. The molecule has 20 heavy (non-hydrogen) atoms. The third-order valence-corrected chi connectivity index (χ3v) is 3.41. The number of carboxylic acids is 1. The minimum atomic E-state index is -1.98.